The van der Waals surface area contributed by atoms with Crippen LogP contribution >= 0.6 is 0 Å². The number of nitrogen functional groups attached to an aromatic ring is 1. The molecule has 4 nitrogen and oxygen atoms in total. The highest BCUT2D eigenvalue weighted by Crippen LogP contribution is 2.38. The lowest BCUT2D eigenvalue weighted by Gasteiger charge is -2.27. The van der Waals surface area contributed by atoms with Crippen LogP contribution in [0, 0.1) is 5.92 Å². The van der Waals surface area contributed by atoms with E-state index < -0.39 is 0 Å². The number of aryl methyl sites for hydroxylation is 1. The predicted octanol–water partition coefficient (Wildman–Crippen LogP) is 1.23. The first-order valence-electron chi connectivity index (χ1n) is 5.88. The molecule has 2 N–H and O–H groups in total. The first-order valence-corrected chi connectivity index (χ1v) is 5.88. The third-order valence-electron chi connectivity index (χ3n) is 3.92. The van der Waals surface area contributed by atoms with Crippen molar-refractivity contribution in [3.05, 3.63) is 18.0 Å². The molecule has 1 aliphatic heterocycles. The normalized spacial score (nSPS) is 27.7. The molecule has 4 heteroatoms. The standard InChI is InChI=1S/C12H17N3O/c1-14-7-9(13)5-11(14)12(16)15-6-8-2-3-10(15)4-8/h5,7-8,10H,2-4,6,13H2,1H3. The second-order valence-corrected chi connectivity index (χ2v) is 5.06. The number of carbonyl (C=O) groups excluding carboxylic acids is 1. The van der Waals surface area contributed by atoms with Crippen LogP contribution < -0.4 is 5.73 Å². The van der Waals surface area contributed by atoms with E-state index in [1.165, 1.54) is 19.3 Å². The summed E-state index contributed by atoms with van der Waals surface area (Å²) in [5.41, 5.74) is 7.08. The van der Waals surface area contributed by atoms with Crippen LogP contribution in [0.15, 0.2) is 12.3 Å². The van der Waals surface area contributed by atoms with Gasteiger partial charge in [0.25, 0.3) is 5.91 Å². The minimum Gasteiger partial charge on any atom is -0.397 e. The molecule has 1 aromatic rings. The van der Waals surface area contributed by atoms with E-state index in [0.29, 0.717) is 17.4 Å². The summed E-state index contributed by atoms with van der Waals surface area (Å²) in [6.45, 7) is 0.939. The van der Waals surface area contributed by atoms with Crippen molar-refractivity contribution >= 4 is 11.6 Å². The maximum absolute atomic E-state index is 12.3. The quantitative estimate of drug-likeness (QED) is 0.772. The van der Waals surface area contributed by atoms with Gasteiger partial charge in [-0.05, 0) is 31.2 Å². The molecule has 1 saturated heterocycles. The molecular formula is C12H17N3O. The Kier molecular flexibility index (Phi) is 1.99. The molecule has 2 aliphatic rings. The van der Waals surface area contributed by atoms with Gasteiger partial charge in [-0.2, -0.15) is 0 Å². The third-order valence-corrected chi connectivity index (χ3v) is 3.92. The number of carbonyl (C=O) groups is 1. The van der Waals surface area contributed by atoms with Gasteiger partial charge < -0.3 is 15.2 Å². The monoisotopic (exact) mass is 219 g/mol. The highest BCUT2D eigenvalue weighted by Gasteiger charge is 2.40. The lowest BCUT2D eigenvalue weighted by atomic mass is 10.1. The van der Waals surface area contributed by atoms with Crippen LogP contribution in [0.3, 0.4) is 0 Å². The number of aromatic nitrogens is 1. The fourth-order valence-corrected chi connectivity index (χ4v) is 3.12. The lowest BCUT2D eigenvalue weighted by Crippen LogP contribution is -2.38. The first-order chi connectivity index (χ1) is 7.65. The number of likely N-dealkylation sites (tertiary alicyclic amines) is 1. The van der Waals surface area contributed by atoms with Gasteiger partial charge in [-0.15, -0.1) is 0 Å². The van der Waals surface area contributed by atoms with Gasteiger partial charge in [0.05, 0.1) is 5.69 Å². The Morgan fingerprint density at radius 2 is 2.31 bits per heavy atom. The minimum atomic E-state index is 0.145. The molecule has 2 unspecified atom stereocenters. The average Bonchev–Trinajstić information content (AvgIpc) is 2.91. The van der Waals surface area contributed by atoms with Crippen molar-refractivity contribution in [2.75, 3.05) is 12.3 Å². The van der Waals surface area contributed by atoms with E-state index in [1.54, 1.807) is 12.3 Å². The molecule has 0 radical (unpaired) electrons. The summed E-state index contributed by atoms with van der Waals surface area (Å²) in [7, 11) is 1.87. The Labute approximate surface area is 95.0 Å². The van der Waals surface area contributed by atoms with Gasteiger partial charge in [0, 0.05) is 25.8 Å². The van der Waals surface area contributed by atoms with E-state index in [-0.39, 0.29) is 5.91 Å². The Morgan fingerprint density at radius 1 is 1.50 bits per heavy atom. The van der Waals surface area contributed by atoms with Crippen LogP contribution in [0.4, 0.5) is 5.69 Å². The van der Waals surface area contributed by atoms with Crippen molar-refractivity contribution in [3.63, 3.8) is 0 Å². The van der Waals surface area contributed by atoms with Gasteiger partial charge in [0.1, 0.15) is 5.69 Å². The molecule has 0 aromatic carbocycles. The van der Waals surface area contributed by atoms with Crippen LogP contribution in [0.2, 0.25) is 0 Å². The minimum absolute atomic E-state index is 0.145. The zero-order valence-corrected chi connectivity index (χ0v) is 9.52. The Bertz CT molecular complexity index is 437. The molecule has 1 aliphatic carbocycles. The Balaban J connectivity index is 1.86. The van der Waals surface area contributed by atoms with Crippen LogP contribution in [-0.2, 0) is 7.05 Å². The number of nitrogens with zero attached hydrogens (tertiary/aromatic N) is 2. The maximum Gasteiger partial charge on any atom is 0.270 e. The molecule has 1 aromatic heterocycles. The van der Waals surface area contributed by atoms with Crippen LogP contribution in [0.5, 0.6) is 0 Å². The molecule has 0 spiro atoms. The van der Waals surface area contributed by atoms with E-state index in [0.717, 1.165) is 12.5 Å². The number of piperidine rings is 1. The maximum atomic E-state index is 12.3. The number of hydrogen-bond acceptors (Lipinski definition) is 2. The lowest BCUT2D eigenvalue weighted by molar-refractivity contribution is 0.0694. The summed E-state index contributed by atoms with van der Waals surface area (Å²) in [6.07, 6.45) is 5.47. The number of rotatable bonds is 1. The topological polar surface area (TPSA) is 51.3 Å². The smallest absolute Gasteiger partial charge is 0.270 e. The molecule has 2 bridgehead atoms. The number of nitrogens with two attached hydrogens (primary N) is 1. The second-order valence-electron chi connectivity index (χ2n) is 5.06. The number of hydrogen-bond donors (Lipinski definition) is 1. The number of anilines is 1. The molecule has 2 heterocycles. The van der Waals surface area contributed by atoms with E-state index >= 15 is 0 Å². The molecule has 16 heavy (non-hydrogen) atoms. The highest BCUT2D eigenvalue weighted by molar-refractivity contribution is 5.94. The van der Waals surface area contributed by atoms with E-state index in [2.05, 4.69) is 0 Å². The number of amides is 1. The third kappa shape index (κ3) is 1.32. The number of fused-ring (bicyclic) bond motifs is 2. The van der Waals surface area contributed by atoms with Crippen molar-refractivity contribution in [3.8, 4) is 0 Å². The van der Waals surface area contributed by atoms with Crippen molar-refractivity contribution in [2.45, 2.75) is 25.3 Å². The summed E-state index contributed by atoms with van der Waals surface area (Å²) >= 11 is 0. The van der Waals surface area contributed by atoms with Crippen molar-refractivity contribution < 1.29 is 4.79 Å². The zero-order valence-electron chi connectivity index (χ0n) is 9.52. The second kappa shape index (κ2) is 3.27. The zero-order chi connectivity index (χ0) is 11.3. The van der Waals surface area contributed by atoms with Gasteiger partial charge in [-0.1, -0.05) is 0 Å². The van der Waals surface area contributed by atoms with Gasteiger partial charge in [0.2, 0.25) is 0 Å². The fourth-order valence-electron chi connectivity index (χ4n) is 3.12. The van der Waals surface area contributed by atoms with Crippen molar-refractivity contribution in [1.29, 1.82) is 0 Å². The SMILES string of the molecule is Cn1cc(N)cc1C(=O)N1CC2CCC1C2. The summed E-state index contributed by atoms with van der Waals surface area (Å²) in [5, 5.41) is 0. The highest BCUT2D eigenvalue weighted by atomic mass is 16.2. The molecule has 2 atom stereocenters. The van der Waals surface area contributed by atoms with Gasteiger partial charge in [-0.3, -0.25) is 4.79 Å². The van der Waals surface area contributed by atoms with Gasteiger partial charge in [-0.25, -0.2) is 0 Å². The largest absolute Gasteiger partial charge is 0.397 e. The summed E-state index contributed by atoms with van der Waals surface area (Å²) in [6, 6.07) is 2.25. The Morgan fingerprint density at radius 3 is 2.81 bits per heavy atom. The van der Waals surface area contributed by atoms with E-state index in [1.807, 2.05) is 16.5 Å². The van der Waals surface area contributed by atoms with Crippen LogP contribution in [0.25, 0.3) is 0 Å². The van der Waals surface area contributed by atoms with Crippen LogP contribution in [-0.4, -0.2) is 28.0 Å². The van der Waals surface area contributed by atoms with Crippen LogP contribution in [0.1, 0.15) is 29.8 Å². The fraction of sp³-hybridized carbons (Fsp3) is 0.583. The van der Waals surface area contributed by atoms with E-state index in [4.69, 9.17) is 5.73 Å². The molecule has 2 fully saturated rings. The predicted molar refractivity (Wildman–Crippen MR) is 62.0 cm³/mol. The molecule has 1 amide bonds. The summed E-state index contributed by atoms with van der Waals surface area (Å²) in [4.78, 5) is 14.4. The summed E-state index contributed by atoms with van der Waals surface area (Å²) < 4.78 is 1.82. The first kappa shape index (κ1) is 9.75. The Hall–Kier alpha value is -1.45. The average molecular weight is 219 g/mol. The van der Waals surface area contributed by atoms with Crippen molar-refractivity contribution in [1.82, 2.24) is 9.47 Å². The van der Waals surface area contributed by atoms with E-state index in [9.17, 15) is 4.79 Å². The molecular weight excluding hydrogens is 202 g/mol. The van der Waals surface area contributed by atoms with Gasteiger partial charge in [0.15, 0.2) is 0 Å². The van der Waals surface area contributed by atoms with Crippen molar-refractivity contribution in [2.24, 2.45) is 13.0 Å². The molecule has 86 valence electrons. The molecule has 1 saturated carbocycles. The van der Waals surface area contributed by atoms with Gasteiger partial charge >= 0.3 is 0 Å². The summed E-state index contributed by atoms with van der Waals surface area (Å²) in [5.74, 6) is 0.887. The molecule has 3 rings (SSSR count).